The summed E-state index contributed by atoms with van der Waals surface area (Å²) in [6.07, 6.45) is 1.59. The third-order valence-corrected chi connectivity index (χ3v) is 5.36. The van der Waals surface area contributed by atoms with Crippen LogP contribution in [0.15, 0.2) is 21.8 Å². The molecule has 0 bridgehead atoms. The Morgan fingerprint density at radius 3 is 2.68 bits per heavy atom. The van der Waals surface area contributed by atoms with Gasteiger partial charge in [-0.25, -0.2) is 13.1 Å². The second-order valence-corrected chi connectivity index (χ2v) is 7.88. The lowest BCUT2D eigenvalue weighted by molar-refractivity contribution is 0.169. The van der Waals surface area contributed by atoms with Crippen LogP contribution in [0.25, 0.3) is 0 Å². The average Bonchev–Trinajstić information content (AvgIpc) is 3.11. The van der Waals surface area contributed by atoms with Gasteiger partial charge in [-0.05, 0) is 13.8 Å². The standard InChI is InChI=1S/C15H28N6O3S/c1-3-16-15(17-6-7-18-25(22,23)4-2)21-10-8-20(9-11-21)13-14-5-12-24-19-14/h5,12,18H,3-4,6-11,13H2,1-2H3,(H,16,17). The fourth-order valence-corrected chi connectivity index (χ4v) is 3.16. The molecule has 0 atom stereocenters. The van der Waals surface area contributed by atoms with Crippen LogP contribution in [0.1, 0.15) is 19.5 Å². The van der Waals surface area contributed by atoms with Crippen molar-refractivity contribution >= 4 is 16.0 Å². The van der Waals surface area contributed by atoms with Crippen LogP contribution in [-0.4, -0.2) is 80.9 Å². The van der Waals surface area contributed by atoms with E-state index in [-0.39, 0.29) is 5.75 Å². The van der Waals surface area contributed by atoms with Crippen LogP contribution in [0.4, 0.5) is 0 Å². The molecular formula is C15H28N6O3S. The van der Waals surface area contributed by atoms with Crippen LogP contribution < -0.4 is 10.0 Å². The number of aliphatic imine (C=N–C) groups is 1. The molecule has 0 unspecified atom stereocenters. The molecule has 25 heavy (non-hydrogen) atoms. The number of rotatable bonds is 8. The summed E-state index contributed by atoms with van der Waals surface area (Å²) in [5.41, 5.74) is 0.942. The number of guanidine groups is 1. The first-order valence-corrected chi connectivity index (χ1v) is 10.3. The second-order valence-electron chi connectivity index (χ2n) is 5.79. The number of nitrogens with one attached hydrogen (secondary N) is 2. The van der Waals surface area contributed by atoms with Crippen molar-refractivity contribution in [2.45, 2.75) is 20.4 Å². The van der Waals surface area contributed by atoms with Crippen molar-refractivity contribution in [2.75, 3.05) is 51.6 Å². The van der Waals surface area contributed by atoms with Crippen LogP contribution >= 0.6 is 0 Å². The van der Waals surface area contributed by atoms with Gasteiger partial charge in [0.15, 0.2) is 5.96 Å². The molecule has 1 aliphatic rings. The summed E-state index contributed by atoms with van der Waals surface area (Å²) in [6.45, 7) is 9.51. The Bertz CT molecular complexity index is 624. The first-order chi connectivity index (χ1) is 12.0. The molecule has 0 amide bonds. The first kappa shape index (κ1) is 19.7. The van der Waals surface area contributed by atoms with Crippen molar-refractivity contribution < 1.29 is 12.9 Å². The third-order valence-electron chi connectivity index (χ3n) is 3.96. The van der Waals surface area contributed by atoms with Crippen molar-refractivity contribution in [1.82, 2.24) is 25.0 Å². The normalized spacial score (nSPS) is 17.0. The van der Waals surface area contributed by atoms with E-state index in [1.165, 1.54) is 0 Å². The molecule has 10 heteroatoms. The Morgan fingerprint density at radius 2 is 2.08 bits per heavy atom. The van der Waals surface area contributed by atoms with Crippen molar-refractivity contribution in [3.05, 3.63) is 18.0 Å². The van der Waals surface area contributed by atoms with Gasteiger partial charge in [0.05, 0.1) is 18.0 Å². The van der Waals surface area contributed by atoms with Crippen LogP contribution in [0.2, 0.25) is 0 Å². The minimum atomic E-state index is -3.16. The van der Waals surface area contributed by atoms with E-state index in [1.54, 1.807) is 13.2 Å². The van der Waals surface area contributed by atoms with Gasteiger partial charge >= 0.3 is 0 Å². The Morgan fingerprint density at radius 1 is 1.32 bits per heavy atom. The number of sulfonamides is 1. The summed E-state index contributed by atoms with van der Waals surface area (Å²) in [6, 6.07) is 1.88. The molecule has 0 saturated carbocycles. The fourth-order valence-electron chi connectivity index (χ4n) is 2.56. The molecule has 0 spiro atoms. The summed E-state index contributed by atoms with van der Waals surface area (Å²) in [5, 5.41) is 7.23. The lowest BCUT2D eigenvalue weighted by Crippen LogP contribution is -2.52. The minimum Gasteiger partial charge on any atom is -0.364 e. The lowest BCUT2D eigenvalue weighted by atomic mass is 10.3. The van der Waals surface area contributed by atoms with Crippen molar-refractivity contribution in [1.29, 1.82) is 0 Å². The SMILES string of the molecule is CCNC(=NCCNS(=O)(=O)CC)N1CCN(Cc2ccon2)CC1. The van der Waals surface area contributed by atoms with Gasteiger partial charge in [-0.2, -0.15) is 0 Å². The van der Waals surface area contributed by atoms with Crippen LogP contribution in [0, 0.1) is 0 Å². The monoisotopic (exact) mass is 372 g/mol. The van der Waals surface area contributed by atoms with E-state index in [4.69, 9.17) is 4.52 Å². The van der Waals surface area contributed by atoms with Crippen LogP contribution in [0.3, 0.4) is 0 Å². The molecule has 1 aromatic rings. The van der Waals surface area contributed by atoms with Crippen molar-refractivity contribution in [2.24, 2.45) is 4.99 Å². The summed E-state index contributed by atoms with van der Waals surface area (Å²) < 4.78 is 30.3. The van der Waals surface area contributed by atoms with Gasteiger partial charge in [0.2, 0.25) is 10.0 Å². The summed E-state index contributed by atoms with van der Waals surface area (Å²) in [4.78, 5) is 9.07. The van der Waals surface area contributed by atoms with E-state index in [1.807, 2.05) is 13.0 Å². The molecule has 0 aromatic carbocycles. The van der Waals surface area contributed by atoms with Crippen molar-refractivity contribution in [3.8, 4) is 0 Å². The zero-order chi connectivity index (χ0) is 18.1. The maximum Gasteiger partial charge on any atom is 0.211 e. The van der Waals surface area contributed by atoms with Gasteiger partial charge in [-0.15, -0.1) is 0 Å². The quantitative estimate of drug-likeness (QED) is 0.367. The number of aromatic nitrogens is 1. The average molecular weight is 372 g/mol. The van der Waals surface area contributed by atoms with Gasteiger partial charge in [0.25, 0.3) is 0 Å². The minimum absolute atomic E-state index is 0.0876. The Labute approximate surface area is 149 Å². The molecule has 0 radical (unpaired) electrons. The van der Waals surface area contributed by atoms with E-state index in [0.717, 1.165) is 50.9 Å². The molecule has 142 valence electrons. The Hall–Kier alpha value is -1.65. The van der Waals surface area contributed by atoms with E-state index < -0.39 is 10.0 Å². The zero-order valence-corrected chi connectivity index (χ0v) is 15.8. The van der Waals surface area contributed by atoms with Crippen LogP contribution in [0.5, 0.6) is 0 Å². The molecule has 1 fully saturated rings. The molecule has 2 heterocycles. The highest BCUT2D eigenvalue weighted by Gasteiger charge is 2.20. The summed E-state index contributed by atoms with van der Waals surface area (Å²) in [5.74, 6) is 0.920. The molecule has 2 N–H and O–H groups in total. The number of nitrogens with zero attached hydrogens (tertiary/aromatic N) is 4. The fraction of sp³-hybridized carbons (Fsp3) is 0.733. The molecule has 0 aliphatic carbocycles. The van der Waals surface area contributed by atoms with Gasteiger partial charge in [-0.1, -0.05) is 5.16 Å². The number of hydrogen-bond acceptors (Lipinski definition) is 6. The van der Waals surface area contributed by atoms with Gasteiger partial charge in [-0.3, -0.25) is 9.89 Å². The van der Waals surface area contributed by atoms with Gasteiger partial charge in [0.1, 0.15) is 6.26 Å². The predicted octanol–water partition coefficient (Wildman–Crippen LogP) is -0.303. The first-order valence-electron chi connectivity index (χ1n) is 8.66. The molecular weight excluding hydrogens is 344 g/mol. The molecule has 1 aliphatic heterocycles. The van der Waals surface area contributed by atoms with Crippen LogP contribution in [-0.2, 0) is 16.6 Å². The van der Waals surface area contributed by atoms with E-state index >= 15 is 0 Å². The molecule has 1 aromatic heterocycles. The van der Waals surface area contributed by atoms with E-state index in [0.29, 0.717) is 13.1 Å². The maximum absolute atomic E-state index is 11.4. The van der Waals surface area contributed by atoms with E-state index in [9.17, 15) is 8.42 Å². The molecule has 2 rings (SSSR count). The Kier molecular flexibility index (Phi) is 7.66. The molecule has 1 saturated heterocycles. The predicted molar refractivity (Wildman–Crippen MR) is 96.8 cm³/mol. The number of hydrogen-bond donors (Lipinski definition) is 2. The van der Waals surface area contributed by atoms with Gasteiger partial charge in [0, 0.05) is 51.9 Å². The number of piperazine rings is 1. The highest BCUT2D eigenvalue weighted by atomic mass is 32.2. The zero-order valence-electron chi connectivity index (χ0n) is 14.9. The lowest BCUT2D eigenvalue weighted by Gasteiger charge is -2.36. The maximum atomic E-state index is 11.4. The smallest absolute Gasteiger partial charge is 0.211 e. The summed E-state index contributed by atoms with van der Waals surface area (Å²) >= 11 is 0. The van der Waals surface area contributed by atoms with Gasteiger partial charge < -0.3 is 14.7 Å². The highest BCUT2D eigenvalue weighted by Crippen LogP contribution is 2.07. The Balaban J connectivity index is 1.80. The topological polar surface area (TPSA) is 103 Å². The second kappa shape index (κ2) is 9.73. The van der Waals surface area contributed by atoms with Crippen molar-refractivity contribution in [3.63, 3.8) is 0 Å². The largest absolute Gasteiger partial charge is 0.364 e. The third kappa shape index (κ3) is 6.63. The summed E-state index contributed by atoms with van der Waals surface area (Å²) in [7, 11) is -3.16. The highest BCUT2D eigenvalue weighted by molar-refractivity contribution is 7.89. The van der Waals surface area contributed by atoms with E-state index in [2.05, 4.69) is 30.0 Å². The molecule has 9 nitrogen and oxygen atoms in total.